The van der Waals surface area contributed by atoms with Gasteiger partial charge in [0.25, 0.3) is 5.92 Å². The van der Waals surface area contributed by atoms with Crippen molar-refractivity contribution in [2.75, 3.05) is 13.1 Å². The Morgan fingerprint density at radius 1 is 1.33 bits per heavy atom. The van der Waals surface area contributed by atoms with E-state index in [0.717, 1.165) is 38.9 Å². The lowest BCUT2D eigenvalue weighted by Crippen LogP contribution is -2.46. The SMILES string of the molecule is CC.CC(F)(F)CNCC(=O)N[C@H](C=O)C1CCCCC1.[HH]. The van der Waals surface area contributed by atoms with Gasteiger partial charge in [-0.15, -0.1) is 0 Å². The van der Waals surface area contributed by atoms with Gasteiger partial charge in [-0.1, -0.05) is 33.1 Å². The lowest BCUT2D eigenvalue weighted by Gasteiger charge is -2.27. The van der Waals surface area contributed by atoms with Gasteiger partial charge in [0.05, 0.1) is 19.1 Å². The molecule has 2 N–H and O–H groups in total. The van der Waals surface area contributed by atoms with Gasteiger partial charge in [-0.3, -0.25) is 4.79 Å². The molecule has 1 aliphatic rings. The fraction of sp³-hybridized carbons (Fsp3) is 0.867. The normalized spacial score (nSPS) is 17.4. The number of nitrogens with one attached hydrogen (secondary N) is 2. The Hall–Kier alpha value is -1.04. The highest BCUT2D eigenvalue weighted by Gasteiger charge is 2.25. The molecule has 0 aromatic rings. The fourth-order valence-electron chi connectivity index (χ4n) is 2.39. The maximum absolute atomic E-state index is 12.5. The number of aldehydes is 1. The first-order valence-electron chi connectivity index (χ1n) is 7.75. The van der Waals surface area contributed by atoms with Crippen molar-refractivity contribution in [3.63, 3.8) is 0 Å². The van der Waals surface area contributed by atoms with Gasteiger partial charge in [-0.05, 0) is 18.8 Å². The summed E-state index contributed by atoms with van der Waals surface area (Å²) in [5, 5.41) is 4.99. The Morgan fingerprint density at radius 3 is 2.38 bits per heavy atom. The zero-order valence-electron chi connectivity index (χ0n) is 13.3. The summed E-state index contributed by atoms with van der Waals surface area (Å²) in [6, 6.07) is -0.489. The molecule has 4 nitrogen and oxygen atoms in total. The second-order valence-electron chi connectivity index (χ2n) is 5.30. The van der Waals surface area contributed by atoms with Crippen molar-refractivity contribution in [3.05, 3.63) is 0 Å². The summed E-state index contributed by atoms with van der Waals surface area (Å²) < 4.78 is 25.1. The lowest BCUT2D eigenvalue weighted by molar-refractivity contribution is -0.124. The van der Waals surface area contributed by atoms with Gasteiger partial charge in [0.1, 0.15) is 6.29 Å². The highest BCUT2D eigenvalue weighted by Crippen LogP contribution is 2.25. The average Bonchev–Trinajstić information content (AvgIpc) is 2.46. The van der Waals surface area contributed by atoms with Crippen molar-refractivity contribution in [1.82, 2.24) is 10.6 Å². The molecule has 0 radical (unpaired) electrons. The molecule has 1 rings (SSSR count). The molecule has 6 heteroatoms. The number of carbonyl (C=O) groups excluding carboxylic acids is 2. The molecule has 1 fully saturated rings. The van der Waals surface area contributed by atoms with Crippen LogP contribution in [-0.4, -0.2) is 37.2 Å². The minimum Gasteiger partial charge on any atom is -0.345 e. The van der Waals surface area contributed by atoms with Gasteiger partial charge in [0.15, 0.2) is 0 Å². The van der Waals surface area contributed by atoms with Crippen molar-refractivity contribution in [2.24, 2.45) is 5.92 Å². The number of alkyl halides is 2. The molecule has 0 aliphatic heterocycles. The van der Waals surface area contributed by atoms with E-state index in [1.54, 1.807) is 0 Å². The smallest absolute Gasteiger partial charge is 0.257 e. The molecular formula is C15H30F2N2O2. The average molecular weight is 308 g/mol. The molecule has 0 heterocycles. The summed E-state index contributed by atoms with van der Waals surface area (Å²) in [6.07, 6.45) is 5.94. The van der Waals surface area contributed by atoms with E-state index in [-0.39, 0.29) is 13.9 Å². The largest absolute Gasteiger partial charge is 0.345 e. The van der Waals surface area contributed by atoms with Crippen LogP contribution in [-0.2, 0) is 9.59 Å². The van der Waals surface area contributed by atoms with Crippen LogP contribution in [0.3, 0.4) is 0 Å². The van der Waals surface area contributed by atoms with E-state index >= 15 is 0 Å². The summed E-state index contributed by atoms with van der Waals surface area (Å²) in [7, 11) is 0. The second kappa shape index (κ2) is 10.7. The number of hydrogen-bond acceptors (Lipinski definition) is 3. The quantitative estimate of drug-likeness (QED) is 0.711. The zero-order chi connectivity index (χ0) is 16.3. The third-order valence-corrected chi connectivity index (χ3v) is 3.35. The molecule has 126 valence electrons. The summed E-state index contributed by atoms with van der Waals surface area (Å²) in [5.74, 6) is -3.07. The van der Waals surface area contributed by atoms with E-state index in [1.165, 1.54) is 6.42 Å². The Bertz CT molecular complexity index is 306. The Balaban J connectivity index is 0. The zero-order valence-corrected chi connectivity index (χ0v) is 13.3. The summed E-state index contributed by atoms with van der Waals surface area (Å²) in [6.45, 7) is 4.05. The van der Waals surface area contributed by atoms with Crippen LogP contribution in [0.4, 0.5) is 8.78 Å². The minimum atomic E-state index is -2.84. The summed E-state index contributed by atoms with van der Waals surface area (Å²) in [4.78, 5) is 22.6. The Morgan fingerprint density at radius 2 is 1.90 bits per heavy atom. The van der Waals surface area contributed by atoms with Gasteiger partial charge in [0, 0.05) is 8.35 Å². The predicted molar refractivity (Wildman–Crippen MR) is 81.5 cm³/mol. The monoisotopic (exact) mass is 308 g/mol. The van der Waals surface area contributed by atoms with Gasteiger partial charge in [0.2, 0.25) is 5.91 Å². The molecule has 1 aliphatic carbocycles. The van der Waals surface area contributed by atoms with Crippen LogP contribution >= 0.6 is 0 Å². The van der Waals surface area contributed by atoms with Crippen LogP contribution < -0.4 is 10.6 Å². The van der Waals surface area contributed by atoms with Crippen LogP contribution in [0.25, 0.3) is 0 Å². The standard InChI is InChI=1S/C13H22F2N2O2.C2H6.H2/c1-13(14,15)9-16-7-12(19)17-11(8-18)10-5-3-2-4-6-10;1-2;/h8,10-11,16H,2-7,9H2,1H3,(H,17,19);1-2H3;1H/t11-;;/m1../s1. The predicted octanol–water partition coefficient (Wildman–Crippen LogP) is 2.77. The topological polar surface area (TPSA) is 58.2 Å². The molecular weight excluding hydrogens is 278 g/mol. The summed E-state index contributed by atoms with van der Waals surface area (Å²) in [5.41, 5.74) is 0. The maximum atomic E-state index is 12.5. The Labute approximate surface area is 127 Å². The van der Waals surface area contributed by atoms with Crippen molar-refractivity contribution in [3.8, 4) is 0 Å². The first kappa shape index (κ1) is 20.0. The molecule has 0 spiro atoms. The maximum Gasteiger partial charge on any atom is 0.257 e. The van der Waals surface area contributed by atoms with Gasteiger partial charge < -0.3 is 15.4 Å². The third kappa shape index (κ3) is 9.50. The molecule has 0 saturated heterocycles. The second-order valence-corrected chi connectivity index (χ2v) is 5.30. The van der Waals surface area contributed by atoms with E-state index in [9.17, 15) is 18.4 Å². The first-order valence-corrected chi connectivity index (χ1v) is 7.75. The van der Waals surface area contributed by atoms with Crippen molar-refractivity contribution >= 4 is 12.2 Å². The van der Waals surface area contributed by atoms with Crippen molar-refractivity contribution in [2.45, 2.75) is 64.8 Å². The van der Waals surface area contributed by atoms with Crippen LogP contribution in [0.1, 0.15) is 54.3 Å². The van der Waals surface area contributed by atoms with Crippen LogP contribution in [0.15, 0.2) is 0 Å². The molecule has 1 atom stereocenters. The lowest BCUT2D eigenvalue weighted by atomic mass is 9.84. The van der Waals surface area contributed by atoms with E-state index in [4.69, 9.17) is 0 Å². The van der Waals surface area contributed by atoms with Gasteiger partial charge in [-0.25, -0.2) is 8.78 Å². The number of hydrogen-bond donors (Lipinski definition) is 2. The van der Waals surface area contributed by atoms with Crippen LogP contribution in [0, 0.1) is 5.92 Å². The highest BCUT2D eigenvalue weighted by atomic mass is 19.3. The number of amides is 1. The fourth-order valence-corrected chi connectivity index (χ4v) is 2.39. The number of halogens is 2. The molecule has 0 unspecified atom stereocenters. The van der Waals surface area contributed by atoms with Crippen molar-refractivity contribution < 1.29 is 19.8 Å². The van der Waals surface area contributed by atoms with E-state index < -0.39 is 24.4 Å². The van der Waals surface area contributed by atoms with E-state index in [1.807, 2.05) is 13.8 Å². The molecule has 0 bridgehead atoms. The molecule has 0 aromatic heterocycles. The highest BCUT2D eigenvalue weighted by molar-refractivity contribution is 5.81. The van der Waals surface area contributed by atoms with Crippen LogP contribution in [0.2, 0.25) is 0 Å². The third-order valence-electron chi connectivity index (χ3n) is 3.35. The summed E-state index contributed by atoms with van der Waals surface area (Å²) >= 11 is 0. The van der Waals surface area contributed by atoms with Gasteiger partial charge in [-0.2, -0.15) is 0 Å². The van der Waals surface area contributed by atoms with Gasteiger partial charge >= 0.3 is 0 Å². The van der Waals surface area contributed by atoms with Crippen molar-refractivity contribution in [1.29, 1.82) is 0 Å². The number of rotatable bonds is 7. The molecule has 1 saturated carbocycles. The van der Waals surface area contributed by atoms with E-state index in [2.05, 4.69) is 10.6 Å². The molecule has 0 aromatic carbocycles. The first-order chi connectivity index (χ1) is 9.92. The number of carbonyl (C=O) groups is 2. The minimum absolute atomic E-state index is 0. The van der Waals surface area contributed by atoms with Crippen LogP contribution in [0.5, 0.6) is 0 Å². The van der Waals surface area contributed by atoms with E-state index in [0.29, 0.717) is 0 Å². The molecule has 21 heavy (non-hydrogen) atoms. The molecule has 1 amide bonds. The Kier molecular flexibility index (Phi) is 10.1.